The summed E-state index contributed by atoms with van der Waals surface area (Å²) in [7, 11) is 0. The number of rotatable bonds is 2. The fourth-order valence-electron chi connectivity index (χ4n) is 1.38. The van der Waals surface area contributed by atoms with Crippen LogP contribution in [0.5, 0.6) is 0 Å². The Kier molecular flexibility index (Phi) is 3.79. The first-order valence-electron chi connectivity index (χ1n) is 4.74. The summed E-state index contributed by atoms with van der Waals surface area (Å²) in [5, 5.41) is 3.18. The Balaban J connectivity index is 2.47. The fourth-order valence-corrected chi connectivity index (χ4v) is 3.11. The van der Waals surface area contributed by atoms with Gasteiger partial charge in [-0.1, -0.05) is 34.8 Å². The maximum atomic E-state index is 12.2. The number of thiophene rings is 1. The molecule has 17 heavy (non-hydrogen) atoms. The lowest BCUT2D eigenvalue weighted by Gasteiger charge is -2.02. The van der Waals surface area contributed by atoms with E-state index in [1.807, 2.05) is 12.3 Å². The van der Waals surface area contributed by atoms with Crippen molar-refractivity contribution < 1.29 is 4.79 Å². The minimum Gasteiger partial charge on any atom is -0.288 e. The minimum atomic E-state index is -0.172. The molecule has 2 aromatic rings. The van der Waals surface area contributed by atoms with Crippen molar-refractivity contribution in [3.63, 3.8) is 0 Å². The number of hydrogen-bond donors (Lipinski definition) is 0. The first-order valence-corrected chi connectivity index (χ1v) is 6.75. The van der Waals surface area contributed by atoms with Gasteiger partial charge >= 0.3 is 0 Å². The Morgan fingerprint density at radius 1 is 1.24 bits per heavy atom. The molecule has 0 fully saturated rings. The summed E-state index contributed by atoms with van der Waals surface area (Å²) in [4.78, 5) is 12.7. The topological polar surface area (TPSA) is 17.1 Å². The molecular weight excluding hydrogens is 299 g/mol. The van der Waals surface area contributed by atoms with Crippen molar-refractivity contribution in [1.82, 2.24) is 0 Å². The van der Waals surface area contributed by atoms with Crippen LogP contribution in [-0.2, 0) is 0 Å². The van der Waals surface area contributed by atoms with Crippen molar-refractivity contribution in [2.75, 3.05) is 0 Å². The molecule has 1 aromatic heterocycles. The highest BCUT2D eigenvalue weighted by Gasteiger charge is 2.18. The second-order valence-electron chi connectivity index (χ2n) is 3.52. The smallest absolute Gasteiger partial charge is 0.205 e. The van der Waals surface area contributed by atoms with E-state index in [1.54, 1.807) is 18.2 Å². The van der Waals surface area contributed by atoms with Crippen LogP contribution in [0.15, 0.2) is 23.6 Å². The molecule has 0 amide bonds. The molecule has 88 valence electrons. The zero-order chi connectivity index (χ0) is 12.6. The molecule has 0 bridgehead atoms. The van der Waals surface area contributed by atoms with Crippen molar-refractivity contribution in [3.8, 4) is 0 Å². The third kappa shape index (κ3) is 2.50. The standard InChI is InChI=1S/C12H7Cl3OS/c1-6-5-17-12(10(6)15)11(16)8-3-2-7(13)4-9(8)14/h2-5H,1H3. The van der Waals surface area contributed by atoms with Crippen LogP contribution in [0.25, 0.3) is 0 Å². The number of halogens is 3. The monoisotopic (exact) mass is 304 g/mol. The largest absolute Gasteiger partial charge is 0.288 e. The molecule has 0 radical (unpaired) electrons. The van der Waals surface area contributed by atoms with Crippen LogP contribution in [0, 0.1) is 6.92 Å². The molecule has 1 nitrogen and oxygen atoms in total. The van der Waals surface area contributed by atoms with Crippen LogP contribution in [-0.4, -0.2) is 5.78 Å². The maximum Gasteiger partial charge on any atom is 0.205 e. The van der Waals surface area contributed by atoms with E-state index in [0.29, 0.717) is 25.5 Å². The Morgan fingerprint density at radius 2 is 1.94 bits per heavy atom. The summed E-state index contributed by atoms with van der Waals surface area (Å²) >= 11 is 19.1. The highest BCUT2D eigenvalue weighted by Crippen LogP contribution is 2.31. The molecule has 0 spiro atoms. The van der Waals surface area contributed by atoms with Gasteiger partial charge in [0.15, 0.2) is 0 Å². The molecule has 0 unspecified atom stereocenters. The molecule has 0 saturated carbocycles. The van der Waals surface area contributed by atoms with Crippen molar-refractivity contribution in [1.29, 1.82) is 0 Å². The van der Waals surface area contributed by atoms with E-state index in [4.69, 9.17) is 34.8 Å². The lowest BCUT2D eigenvalue weighted by Crippen LogP contribution is -2.00. The van der Waals surface area contributed by atoms with Gasteiger partial charge < -0.3 is 0 Å². The molecule has 0 aliphatic heterocycles. The van der Waals surface area contributed by atoms with Crippen LogP contribution in [0.1, 0.15) is 20.8 Å². The van der Waals surface area contributed by atoms with Crippen LogP contribution < -0.4 is 0 Å². The summed E-state index contributed by atoms with van der Waals surface area (Å²) in [6.07, 6.45) is 0. The zero-order valence-corrected chi connectivity index (χ0v) is 11.8. The van der Waals surface area contributed by atoms with Gasteiger partial charge in [-0.05, 0) is 36.1 Å². The average Bonchev–Trinajstić information content (AvgIpc) is 2.59. The van der Waals surface area contributed by atoms with Crippen LogP contribution in [0.4, 0.5) is 0 Å². The Morgan fingerprint density at radius 3 is 2.47 bits per heavy atom. The summed E-state index contributed by atoms with van der Waals surface area (Å²) in [5.41, 5.74) is 1.31. The Bertz CT molecular complexity index is 589. The Labute approximate surface area is 118 Å². The lowest BCUT2D eigenvalue weighted by atomic mass is 10.1. The van der Waals surface area contributed by atoms with E-state index in [2.05, 4.69) is 0 Å². The van der Waals surface area contributed by atoms with Gasteiger partial charge in [0.25, 0.3) is 0 Å². The molecule has 0 aliphatic carbocycles. The number of carbonyl (C=O) groups is 1. The van der Waals surface area contributed by atoms with Gasteiger partial charge in [0.1, 0.15) is 0 Å². The van der Waals surface area contributed by atoms with Crippen LogP contribution >= 0.6 is 46.1 Å². The normalized spacial score (nSPS) is 10.6. The predicted octanol–water partition coefficient (Wildman–Crippen LogP) is 5.25. The van der Waals surface area contributed by atoms with E-state index in [9.17, 15) is 4.79 Å². The minimum absolute atomic E-state index is 0.172. The Hall–Kier alpha value is -0.540. The summed E-state index contributed by atoms with van der Waals surface area (Å²) in [6, 6.07) is 4.79. The maximum absolute atomic E-state index is 12.2. The molecule has 0 saturated heterocycles. The van der Waals surface area contributed by atoms with Crippen molar-refractivity contribution in [3.05, 3.63) is 54.7 Å². The van der Waals surface area contributed by atoms with Crippen LogP contribution in [0.3, 0.4) is 0 Å². The highest BCUT2D eigenvalue weighted by molar-refractivity contribution is 7.13. The van der Waals surface area contributed by atoms with E-state index < -0.39 is 0 Å². The van der Waals surface area contributed by atoms with Gasteiger partial charge in [-0.2, -0.15) is 0 Å². The number of aryl methyl sites for hydroxylation is 1. The zero-order valence-electron chi connectivity index (χ0n) is 8.76. The van der Waals surface area contributed by atoms with Gasteiger partial charge in [0.05, 0.1) is 14.9 Å². The molecule has 0 aliphatic rings. The fraction of sp³-hybridized carbons (Fsp3) is 0.0833. The van der Waals surface area contributed by atoms with E-state index >= 15 is 0 Å². The summed E-state index contributed by atoms with van der Waals surface area (Å²) < 4.78 is 0. The average molecular weight is 306 g/mol. The number of ketones is 1. The van der Waals surface area contributed by atoms with Gasteiger partial charge in [0.2, 0.25) is 5.78 Å². The number of benzene rings is 1. The van der Waals surface area contributed by atoms with Gasteiger partial charge in [-0.25, -0.2) is 0 Å². The number of carbonyl (C=O) groups excluding carboxylic acids is 1. The molecule has 1 heterocycles. The lowest BCUT2D eigenvalue weighted by molar-refractivity contribution is 0.104. The van der Waals surface area contributed by atoms with Crippen LogP contribution in [0.2, 0.25) is 15.1 Å². The third-order valence-electron chi connectivity index (χ3n) is 2.28. The van der Waals surface area contributed by atoms with E-state index in [1.165, 1.54) is 11.3 Å². The predicted molar refractivity (Wildman–Crippen MR) is 74.0 cm³/mol. The SMILES string of the molecule is Cc1csc(C(=O)c2ccc(Cl)cc2Cl)c1Cl. The molecule has 0 N–H and O–H groups in total. The summed E-state index contributed by atoms with van der Waals surface area (Å²) in [6.45, 7) is 1.86. The van der Waals surface area contributed by atoms with Gasteiger partial charge in [-0.15, -0.1) is 11.3 Å². The molecule has 5 heteroatoms. The summed E-state index contributed by atoms with van der Waals surface area (Å²) in [5.74, 6) is -0.172. The second-order valence-corrected chi connectivity index (χ2v) is 5.62. The van der Waals surface area contributed by atoms with Gasteiger partial charge in [0, 0.05) is 10.6 Å². The first-order chi connectivity index (χ1) is 8.00. The van der Waals surface area contributed by atoms with Crippen molar-refractivity contribution in [2.24, 2.45) is 0 Å². The highest BCUT2D eigenvalue weighted by atomic mass is 35.5. The molecular formula is C12H7Cl3OS. The van der Waals surface area contributed by atoms with E-state index in [-0.39, 0.29) is 5.78 Å². The molecule has 0 atom stereocenters. The van der Waals surface area contributed by atoms with Gasteiger partial charge in [-0.3, -0.25) is 4.79 Å². The van der Waals surface area contributed by atoms with Crippen molar-refractivity contribution >= 4 is 51.9 Å². The quantitative estimate of drug-likeness (QED) is 0.693. The molecule has 1 aromatic carbocycles. The van der Waals surface area contributed by atoms with E-state index in [0.717, 1.165) is 5.56 Å². The third-order valence-corrected chi connectivity index (χ3v) is 4.52. The second kappa shape index (κ2) is 4.99. The molecule has 2 rings (SSSR count). The first kappa shape index (κ1) is 12.9. The number of hydrogen-bond acceptors (Lipinski definition) is 2. The van der Waals surface area contributed by atoms with Crippen molar-refractivity contribution in [2.45, 2.75) is 6.92 Å².